The Bertz CT molecular complexity index is 748. The summed E-state index contributed by atoms with van der Waals surface area (Å²) in [4.78, 5) is 9.24. The maximum atomic E-state index is 4.65. The number of aryl methyl sites for hydroxylation is 2. The van der Waals surface area contributed by atoms with Gasteiger partial charge in [0.05, 0.1) is 16.7 Å². The number of benzene rings is 2. The number of nitrogens with one attached hydrogen (secondary N) is 1. The number of hydrogen-bond donors (Lipinski definition) is 1. The molecular formula is C18H19N3. The zero-order valence-electron chi connectivity index (χ0n) is 12.4. The molecule has 106 valence electrons. The zero-order chi connectivity index (χ0) is 14.7. The molecule has 0 aliphatic carbocycles. The standard InChI is InChI=1S/C18H19N3/c1-3-14-8-10-15(11-9-14)12-19-18-13(2)20-16-6-4-5-7-17(16)21-18/h4-11H,3,12H2,1-2H3,(H,19,21). The zero-order valence-corrected chi connectivity index (χ0v) is 12.4. The molecule has 0 saturated carbocycles. The van der Waals surface area contributed by atoms with Crippen molar-refractivity contribution < 1.29 is 0 Å². The van der Waals surface area contributed by atoms with E-state index in [-0.39, 0.29) is 0 Å². The normalized spacial score (nSPS) is 10.8. The van der Waals surface area contributed by atoms with Gasteiger partial charge in [-0.25, -0.2) is 9.97 Å². The van der Waals surface area contributed by atoms with Crippen LogP contribution >= 0.6 is 0 Å². The van der Waals surface area contributed by atoms with E-state index in [1.807, 2.05) is 31.2 Å². The third kappa shape index (κ3) is 3.02. The van der Waals surface area contributed by atoms with Crippen LogP contribution in [-0.2, 0) is 13.0 Å². The van der Waals surface area contributed by atoms with Crippen molar-refractivity contribution in [2.45, 2.75) is 26.8 Å². The minimum absolute atomic E-state index is 0.762. The van der Waals surface area contributed by atoms with E-state index in [0.29, 0.717) is 0 Å². The monoisotopic (exact) mass is 277 g/mol. The van der Waals surface area contributed by atoms with Crippen LogP contribution < -0.4 is 5.32 Å². The van der Waals surface area contributed by atoms with Crippen molar-refractivity contribution in [3.05, 3.63) is 65.4 Å². The number of para-hydroxylation sites is 2. The highest BCUT2D eigenvalue weighted by Gasteiger charge is 2.04. The fraction of sp³-hybridized carbons (Fsp3) is 0.222. The second-order valence-corrected chi connectivity index (χ2v) is 5.17. The van der Waals surface area contributed by atoms with Gasteiger partial charge in [-0.2, -0.15) is 0 Å². The van der Waals surface area contributed by atoms with Crippen molar-refractivity contribution in [3.63, 3.8) is 0 Å². The van der Waals surface area contributed by atoms with Gasteiger partial charge in [-0.1, -0.05) is 43.3 Å². The van der Waals surface area contributed by atoms with E-state index in [2.05, 4.69) is 46.5 Å². The highest BCUT2D eigenvalue weighted by molar-refractivity contribution is 5.76. The van der Waals surface area contributed by atoms with Crippen molar-refractivity contribution in [2.75, 3.05) is 5.32 Å². The fourth-order valence-corrected chi connectivity index (χ4v) is 2.33. The van der Waals surface area contributed by atoms with Crippen LogP contribution in [0.1, 0.15) is 23.7 Å². The molecular weight excluding hydrogens is 258 g/mol. The minimum Gasteiger partial charge on any atom is -0.364 e. The molecule has 0 unspecified atom stereocenters. The Kier molecular flexibility index (Phi) is 3.82. The minimum atomic E-state index is 0.762. The molecule has 0 aliphatic rings. The Morgan fingerprint density at radius 3 is 2.14 bits per heavy atom. The van der Waals surface area contributed by atoms with Gasteiger partial charge in [0.25, 0.3) is 0 Å². The van der Waals surface area contributed by atoms with Gasteiger partial charge in [0.1, 0.15) is 5.82 Å². The Labute approximate surface area is 125 Å². The lowest BCUT2D eigenvalue weighted by Gasteiger charge is -2.10. The first kappa shape index (κ1) is 13.6. The number of anilines is 1. The van der Waals surface area contributed by atoms with Crippen molar-refractivity contribution in [1.82, 2.24) is 9.97 Å². The molecule has 3 nitrogen and oxygen atoms in total. The predicted molar refractivity (Wildman–Crippen MR) is 87.4 cm³/mol. The van der Waals surface area contributed by atoms with Gasteiger partial charge >= 0.3 is 0 Å². The summed E-state index contributed by atoms with van der Waals surface area (Å²) in [5, 5.41) is 3.39. The summed E-state index contributed by atoms with van der Waals surface area (Å²) in [6, 6.07) is 16.6. The largest absolute Gasteiger partial charge is 0.364 e. The van der Waals surface area contributed by atoms with Gasteiger partial charge in [-0.3, -0.25) is 0 Å². The molecule has 21 heavy (non-hydrogen) atoms. The van der Waals surface area contributed by atoms with Gasteiger partial charge in [-0.15, -0.1) is 0 Å². The second kappa shape index (κ2) is 5.92. The number of rotatable bonds is 4. The van der Waals surface area contributed by atoms with Gasteiger partial charge < -0.3 is 5.32 Å². The second-order valence-electron chi connectivity index (χ2n) is 5.17. The average Bonchev–Trinajstić information content (AvgIpc) is 2.53. The summed E-state index contributed by atoms with van der Waals surface area (Å²) < 4.78 is 0. The molecule has 1 N–H and O–H groups in total. The van der Waals surface area contributed by atoms with E-state index in [4.69, 9.17) is 0 Å². The maximum Gasteiger partial charge on any atom is 0.148 e. The molecule has 3 aromatic rings. The third-order valence-corrected chi connectivity index (χ3v) is 3.64. The van der Waals surface area contributed by atoms with Crippen LogP contribution in [0.3, 0.4) is 0 Å². The van der Waals surface area contributed by atoms with E-state index in [1.165, 1.54) is 11.1 Å². The molecule has 3 rings (SSSR count). The first-order chi connectivity index (χ1) is 10.3. The van der Waals surface area contributed by atoms with Gasteiger partial charge in [0.15, 0.2) is 0 Å². The highest BCUT2D eigenvalue weighted by atomic mass is 15.0. The molecule has 1 aromatic heterocycles. The summed E-state index contributed by atoms with van der Waals surface area (Å²) in [6.45, 7) is 4.92. The maximum absolute atomic E-state index is 4.65. The molecule has 0 fully saturated rings. The van der Waals surface area contributed by atoms with Crippen molar-refractivity contribution in [2.24, 2.45) is 0 Å². The first-order valence-corrected chi connectivity index (χ1v) is 7.31. The van der Waals surface area contributed by atoms with E-state index in [0.717, 1.165) is 35.5 Å². The van der Waals surface area contributed by atoms with Crippen LogP contribution in [0.5, 0.6) is 0 Å². The molecule has 1 heterocycles. The number of hydrogen-bond acceptors (Lipinski definition) is 3. The van der Waals surface area contributed by atoms with Crippen LogP contribution in [0.4, 0.5) is 5.82 Å². The molecule has 2 aromatic carbocycles. The van der Waals surface area contributed by atoms with Gasteiger partial charge in [-0.05, 0) is 36.6 Å². The Morgan fingerprint density at radius 1 is 0.857 bits per heavy atom. The van der Waals surface area contributed by atoms with Gasteiger partial charge in [0, 0.05) is 6.54 Å². The lowest BCUT2D eigenvalue weighted by molar-refractivity contribution is 1.07. The molecule has 3 heteroatoms. The van der Waals surface area contributed by atoms with Crippen LogP contribution in [0.2, 0.25) is 0 Å². The summed E-state index contributed by atoms with van der Waals surface area (Å²) in [5.74, 6) is 0.855. The van der Waals surface area contributed by atoms with Crippen LogP contribution in [0.25, 0.3) is 11.0 Å². The lowest BCUT2D eigenvalue weighted by atomic mass is 10.1. The molecule has 0 atom stereocenters. The van der Waals surface area contributed by atoms with Crippen molar-refractivity contribution in [3.8, 4) is 0 Å². The van der Waals surface area contributed by atoms with Crippen LogP contribution in [0, 0.1) is 6.92 Å². The predicted octanol–water partition coefficient (Wildman–Crippen LogP) is 4.11. The first-order valence-electron chi connectivity index (χ1n) is 7.31. The topological polar surface area (TPSA) is 37.8 Å². The number of fused-ring (bicyclic) bond motifs is 1. The summed E-state index contributed by atoms with van der Waals surface area (Å²) in [5.41, 5.74) is 5.40. The third-order valence-electron chi connectivity index (χ3n) is 3.64. The fourth-order valence-electron chi connectivity index (χ4n) is 2.33. The molecule has 0 amide bonds. The van der Waals surface area contributed by atoms with E-state index in [9.17, 15) is 0 Å². The quantitative estimate of drug-likeness (QED) is 0.779. The Hall–Kier alpha value is -2.42. The molecule has 0 radical (unpaired) electrons. The molecule has 0 bridgehead atoms. The summed E-state index contributed by atoms with van der Waals surface area (Å²) >= 11 is 0. The van der Waals surface area contributed by atoms with E-state index < -0.39 is 0 Å². The summed E-state index contributed by atoms with van der Waals surface area (Å²) in [7, 11) is 0. The molecule has 0 saturated heterocycles. The van der Waals surface area contributed by atoms with Crippen LogP contribution in [-0.4, -0.2) is 9.97 Å². The number of aromatic nitrogens is 2. The molecule has 0 aliphatic heterocycles. The Morgan fingerprint density at radius 2 is 1.48 bits per heavy atom. The van der Waals surface area contributed by atoms with Crippen molar-refractivity contribution in [1.29, 1.82) is 0 Å². The Balaban J connectivity index is 1.79. The SMILES string of the molecule is CCc1ccc(CNc2nc3ccccc3nc2C)cc1. The lowest BCUT2D eigenvalue weighted by Crippen LogP contribution is -2.05. The highest BCUT2D eigenvalue weighted by Crippen LogP contribution is 2.17. The smallest absolute Gasteiger partial charge is 0.148 e. The van der Waals surface area contributed by atoms with E-state index in [1.54, 1.807) is 0 Å². The summed E-state index contributed by atoms with van der Waals surface area (Å²) in [6.07, 6.45) is 1.07. The van der Waals surface area contributed by atoms with Gasteiger partial charge in [0.2, 0.25) is 0 Å². The van der Waals surface area contributed by atoms with E-state index >= 15 is 0 Å². The van der Waals surface area contributed by atoms with Crippen LogP contribution in [0.15, 0.2) is 48.5 Å². The average molecular weight is 277 g/mol. The van der Waals surface area contributed by atoms with Crippen molar-refractivity contribution >= 4 is 16.9 Å². The number of nitrogens with zero attached hydrogens (tertiary/aromatic N) is 2. The molecule has 0 spiro atoms.